The van der Waals surface area contributed by atoms with Gasteiger partial charge in [0.15, 0.2) is 0 Å². The maximum atomic E-state index is 10.6. The van der Waals surface area contributed by atoms with Crippen molar-refractivity contribution in [3.8, 4) is 24.3 Å². The zero-order valence-electron chi connectivity index (χ0n) is 39.2. The molecule has 1 heterocycles. The average Bonchev–Trinajstić information content (AvgIpc) is 3.43. The van der Waals surface area contributed by atoms with Crippen molar-refractivity contribution in [2.24, 2.45) is 21.7 Å². The second-order valence-corrected chi connectivity index (χ2v) is 18.9. The maximum absolute atomic E-state index is 10.6. The van der Waals surface area contributed by atoms with Crippen LogP contribution in [0.3, 0.4) is 0 Å². The van der Waals surface area contributed by atoms with Crippen LogP contribution in [0, 0.1) is 109 Å². The van der Waals surface area contributed by atoms with E-state index in [4.69, 9.17) is 40.8 Å². The fourth-order valence-corrected chi connectivity index (χ4v) is 4.90. The third kappa shape index (κ3) is 30.9. The minimum atomic E-state index is -5.19. The number of hydrogen-bond acceptors (Lipinski definition) is 9. The second-order valence-electron chi connectivity index (χ2n) is 18.1. The summed E-state index contributed by atoms with van der Waals surface area (Å²) < 4.78 is 64.5. The van der Waals surface area contributed by atoms with Gasteiger partial charge in [0.25, 0.3) is 0 Å². The van der Waals surface area contributed by atoms with Crippen LogP contribution in [0.15, 0.2) is 24.3 Å². The number of nitrogens with zero attached hydrogens (tertiary/aromatic N) is 6. The van der Waals surface area contributed by atoms with Gasteiger partial charge in [0.2, 0.25) is 0 Å². The molecule has 0 spiro atoms. The number of carbonyl (C=O) groups excluding carboxylic acids is 1. The minimum absolute atomic E-state index is 0.153. The van der Waals surface area contributed by atoms with Gasteiger partial charge in [-0.3, -0.25) is 0 Å². The number of aryl methyl sites for hydroxylation is 6. The molecule has 1 fully saturated rings. The molecule has 17 heteroatoms. The Morgan fingerprint density at radius 1 is 0.548 bits per heavy atom. The van der Waals surface area contributed by atoms with Gasteiger partial charge in [-0.2, -0.15) is 47.4 Å². The number of aliphatic carboxylic acids is 2. The van der Waals surface area contributed by atoms with Crippen molar-refractivity contribution in [1.29, 1.82) is 21.0 Å². The first-order valence-corrected chi connectivity index (χ1v) is 19.7. The fraction of sp³-hybridized carbons (Fsp3) is 0.578. The van der Waals surface area contributed by atoms with Crippen molar-refractivity contribution in [3.63, 3.8) is 0 Å². The Morgan fingerprint density at radius 2 is 0.710 bits per heavy atom. The minimum Gasteiger partial charge on any atom is -0.542 e. The predicted molar refractivity (Wildman–Crippen MR) is 226 cm³/mol. The molecular formula is C45H63F6N6O4Ru. The molecule has 1 saturated heterocycles. The van der Waals surface area contributed by atoms with Crippen molar-refractivity contribution in [2.45, 2.75) is 137 Å². The molecule has 0 unspecified atom stereocenters. The number of anilines is 2. The Hall–Kier alpha value is -4.99. The molecule has 2 aromatic rings. The summed E-state index contributed by atoms with van der Waals surface area (Å²) >= 11 is 2.86. The molecule has 0 saturated carbocycles. The normalized spacial score (nSPS) is 12.2. The number of benzene rings is 2. The molecule has 1 N–H and O–H groups in total. The molecule has 0 aromatic heterocycles. The number of halogens is 6. The van der Waals surface area contributed by atoms with E-state index < -0.39 is 24.3 Å². The van der Waals surface area contributed by atoms with Crippen LogP contribution in [0.25, 0.3) is 0 Å². The molecule has 0 amide bonds. The molecule has 1 aliphatic heterocycles. The third-order valence-electron chi connectivity index (χ3n) is 6.61. The molecular weight excluding hydrogens is 904 g/mol. The van der Waals surface area contributed by atoms with Crippen LogP contribution >= 0.6 is 0 Å². The molecule has 1 aliphatic rings. The predicted octanol–water partition coefficient (Wildman–Crippen LogP) is 10.7. The number of carboxylic acids is 2. The van der Waals surface area contributed by atoms with Crippen LogP contribution in [0.4, 0.5) is 37.7 Å². The Labute approximate surface area is 374 Å². The van der Waals surface area contributed by atoms with Crippen LogP contribution in [-0.2, 0) is 27.4 Å². The van der Waals surface area contributed by atoms with Crippen LogP contribution in [-0.4, -0.2) is 46.8 Å². The molecule has 3 rings (SSSR count). The zero-order chi connectivity index (χ0) is 50.6. The second kappa shape index (κ2) is 26.5. The quantitative estimate of drug-likeness (QED) is 0.225. The van der Waals surface area contributed by atoms with Gasteiger partial charge in [-0.05, 0) is 83.1 Å². The average molecular weight is 967 g/mol. The summed E-state index contributed by atoms with van der Waals surface area (Å²) in [5.74, 6) is -5.76. The number of nitriles is 4. The first kappa shape index (κ1) is 63.6. The van der Waals surface area contributed by atoms with Crippen LogP contribution in [0.5, 0.6) is 0 Å². The van der Waals surface area contributed by atoms with Gasteiger partial charge in [-0.15, -0.1) is 0 Å². The molecule has 0 bridgehead atoms. The summed E-state index contributed by atoms with van der Waals surface area (Å²) in [6.07, 6.45) is -10.3. The van der Waals surface area contributed by atoms with E-state index in [1.54, 1.807) is 0 Å². The molecule has 0 atom stereocenters. The summed E-state index contributed by atoms with van der Waals surface area (Å²) in [6, 6.07) is 17.6. The van der Waals surface area contributed by atoms with E-state index in [2.05, 4.69) is 118 Å². The van der Waals surface area contributed by atoms with Crippen molar-refractivity contribution < 1.29 is 64.0 Å². The monoisotopic (exact) mass is 967 g/mol. The first-order valence-electron chi connectivity index (χ1n) is 18.9. The molecule has 2 aromatic carbocycles. The van der Waals surface area contributed by atoms with Gasteiger partial charge in [-0.1, -0.05) is 0 Å². The van der Waals surface area contributed by atoms with Crippen molar-refractivity contribution in [2.75, 3.05) is 22.9 Å². The third-order valence-corrected chi connectivity index (χ3v) is 7.54. The van der Waals surface area contributed by atoms with E-state index in [1.165, 1.54) is 49.1 Å². The summed E-state index contributed by atoms with van der Waals surface area (Å²) in [5.41, 5.74) is 10.2. The largest absolute Gasteiger partial charge is 0.542 e. The van der Waals surface area contributed by atoms with Gasteiger partial charge in [0.05, 0.1) is 24.3 Å². The van der Waals surface area contributed by atoms with E-state index in [-0.39, 0.29) is 21.7 Å². The Kier molecular flexibility index (Phi) is 27.2. The van der Waals surface area contributed by atoms with E-state index in [0.29, 0.717) is 0 Å². The van der Waals surface area contributed by atoms with E-state index in [0.717, 1.165) is 13.1 Å². The van der Waals surface area contributed by atoms with Gasteiger partial charge >= 0.3 is 174 Å². The van der Waals surface area contributed by atoms with Gasteiger partial charge < -0.3 is 15.0 Å². The molecule has 347 valence electrons. The molecule has 0 aliphatic carbocycles. The Bertz CT molecular complexity index is 1720. The standard InChI is InChI=1S/C21H26N2.4C5H9N.2C2HF3O2.Ru/c1-14-9-16(3)20(17(4)10-14)22-7-8-23(13-22)21-18(5)11-15(2)12-19(21)6;4*1-5(2,3)4-6;2*3-2(4,5)1(6)7;/h9-12H,7-8H2,1-6H3;4*1-3H3;2*(H,6,7);/q;;;;;;;+1/p-1. The van der Waals surface area contributed by atoms with Gasteiger partial charge in [-0.25, -0.2) is 4.79 Å². The Balaban J connectivity index is -0.000000365. The van der Waals surface area contributed by atoms with Crippen LogP contribution in [0.2, 0.25) is 0 Å². The van der Waals surface area contributed by atoms with Gasteiger partial charge in [0, 0.05) is 21.7 Å². The number of alkyl halides is 6. The van der Waals surface area contributed by atoms with Crippen LogP contribution < -0.4 is 14.9 Å². The fourth-order valence-electron chi connectivity index (χ4n) is 4.12. The number of carboxylic acid groups (broad SMARTS) is 2. The van der Waals surface area contributed by atoms with E-state index in [9.17, 15) is 26.3 Å². The summed E-state index contributed by atoms with van der Waals surface area (Å²) in [7, 11) is 0. The van der Waals surface area contributed by atoms with E-state index in [1.807, 2.05) is 83.1 Å². The summed E-state index contributed by atoms with van der Waals surface area (Å²) in [5, 5.41) is 48.5. The first-order chi connectivity index (χ1) is 27.4. The number of carbonyl (C=O) groups is 2. The topological polar surface area (TPSA) is 179 Å². The molecule has 10 nitrogen and oxygen atoms in total. The maximum Gasteiger partial charge on any atom is 0.490 e. The SMILES string of the molecule is CC(C)(C)C#N.CC(C)(C)C#N.CC(C)(C)C#N.CC(C)(C)C#N.Cc1cc(C)c(N2CCN(c3c(C)cc(C)cc3C)[C]2=[Ru+])c(C)c1.O=C(O)C(F)(F)F.O=C([O-])C(F)(F)F. The smallest absolute Gasteiger partial charge is 0.490 e. The number of rotatable bonds is 2. The van der Waals surface area contributed by atoms with Crippen molar-refractivity contribution in [1.82, 2.24) is 0 Å². The van der Waals surface area contributed by atoms with Gasteiger partial charge in [0.1, 0.15) is 5.97 Å². The van der Waals surface area contributed by atoms with Crippen LogP contribution in [0.1, 0.15) is 116 Å². The molecule has 0 radical (unpaired) electrons. The molecule has 62 heavy (non-hydrogen) atoms. The van der Waals surface area contributed by atoms with Crippen molar-refractivity contribution >= 4 is 27.7 Å². The summed E-state index contributed by atoms with van der Waals surface area (Å²) in [6.45, 7) is 37.9. The van der Waals surface area contributed by atoms with Crippen molar-refractivity contribution in [3.05, 3.63) is 57.6 Å². The Morgan fingerprint density at radius 3 is 0.823 bits per heavy atom. The number of hydrogen-bond donors (Lipinski definition) is 1. The van der Waals surface area contributed by atoms with E-state index >= 15 is 0 Å². The zero-order valence-corrected chi connectivity index (χ0v) is 40.9. The summed E-state index contributed by atoms with van der Waals surface area (Å²) in [4.78, 5) is 22.6.